The summed E-state index contributed by atoms with van der Waals surface area (Å²) in [5.41, 5.74) is 3.18. The quantitative estimate of drug-likeness (QED) is 0.151. The lowest BCUT2D eigenvalue weighted by molar-refractivity contribution is 0.0736. The Morgan fingerprint density at radius 2 is 1.29 bits per heavy atom. The third kappa shape index (κ3) is 5.59. The van der Waals surface area contributed by atoms with Crippen molar-refractivity contribution < 1.29 is 22.7 Å². The molecule has 0 atom stereocenters. The topological polar surface area (TPSA) is 80.8 Å². The standard InChI is InChI=1S/C33H26ClNO5S/c1-21-8-12-24(13-9-21)32(36)35(41(38,39)26-16-17-29(34)23(3)20-26)30-18-19-31(28-7-5-4-6-27(28)30)40-33(37)25-14-10-22(2)11-15-25/h4-20H,1-3H3. The van der Waals surface area contributed by atoms with E-state index in [1.54, 1.807) is 67.6 Å². The number of halogens is 1. The Bertz CT molecular complexity index is 1900. The average Bonchev–Trinajstić information content (AvgIpc) is 2.96. The van der Waals surface area contributed by atoms with Gasteiger partial charge in [-0.25, -0.2) is 13.2 Å². The molecule has 0 heterocycles. The number of aryl methyl sites for hydroxylation is 3. The number of rotatable bonds is 6. The smallest absolute Gasteiger partial charge is 0.343 e. The molecular weight excluding hydrogens is 558 g/mol. The van der Waals surface area contributed by atoms with Gasteiger partial charge in [0.1, 0.15) is 5.75 Å². The van der Waals surface area contributed by atoms with Crippen LogP contribution >= 0.6 is 11.6 Å². The summed E-state index contributed by atoms with van der Waals surface area (Å²) >= 11 is 6.17. The van der Waals surface area contributed by atoms with E-state index >= 15 is 0 Å². The fraction of sp³-hybridized carbons (Fsp3) is 0.0909. The normalized spacial score (nSPS) is 11.3. The first kappa shape index (κ1) is 28.1. The van der Waals surface area contributed by atoms with Crippen LogP contribution in [-0.4, -0.2) is 20.3 Å². The summed E-state index contributed by atoms with van der Waals surface area (Å²) < 4.78 is 34.9. The fourth-order valence-electron chi connectivity index (χ4n) is 4.41. The number of benzene rings is 5. The van der Waals surface area contributed by atoms with Gasteiger partial charge in [-0.2, -0.15) is 4.31 Å². The van der Waals surface area contributed by atoms with Gasteiger partial charge in [0, 0.05) is 21.4 Å². The second-order valence-electron chi connectivity index (χ2n) is 9.74. The number of anilines is 1. The molecule has 0 unspecified atom stereocenters. The maximum Gasteiger partial charge on any atom is 0.343 e. The molecule has 0 fully saturated rings. The number of hydrogen-bond donors (Lipinski definition) is 0. The van der Waals surface area contributed by atoms with Crippen LogP contribution in [0, 0.1) is 20.8 Å². The number of hydrogen-bond acceptors (Lipinski definition) is 5. The molecule has 0 saturated carbocycles. The molecule has 5 aromatic rings. The van der Waals surface area contributed by atoms with E-state index in [2.05, 4.69) is 0 Å². The third-order valence-electron chi connectivity index (χ3n) is 6.72. The van der Waals surface area contributed by atoms with Crippen LogP contribution in [0.25, 0.3) is 10.8 Å². The van der Waals surface area contributed by atoms with E-state index in [9.17, 15) is 18.0 Å². The van der Waals surface area contributed by atoms with Gasteiger partial charge >= 0.3 is 5.97 Å². The van der Waals surface area contributed by atoms with Crippen molar-refractivity contribution in [3.05, 3.63) is 136 Å². The van der Waals surface area contributed by atoms with Crippen LogP contribution in [0.3, 0.4) is 0 Å². The van der Waals surface area contributed by atoms with Gasteiger partial charge < -0.3 is 4.74 Å². The summed E-state index contributed by atoms with van der Waals surface area (Å²) in [7, 11) is -4.41. The zero-order valence-corrected chi connectivity index (χ0v) is 24.2. The van der Waals surface area contributed by atoms with E-state index in [0.29, 0.717) is 26.9 Å². The van der Waals surface area contributed by atoms with Gasteiger partial charge in [0.15, 0.2) is 0 Å². The van der Waals surface area contributed by atoms with E-state index in [-0.39, 0.29) is 21.9 Å². The van der Waals surface area contributed by atoms with Crippen LogP contribution in [-0.2, 0) is 10.0 Å². The predicted molar refractivity (Wildman–Crippen MR) is 161 cm³/mol. The molecule has 41 heavy (non-hydrogen) atoms. The lowest BCUT2D eigenvalue weighted by Crippen LogP contribution is -2.37. The third-order valence-corrected chi connectivity index (χ3v) is 8.84. The Hall–Kier alpha value is -4.46. The molecule has 6 nitrogen and oxygen atoms in total. The zero-order chi connectivity index (χ0) is 29.3. The van der Waals surface area contributed by atoms with E-state index in [1.165, 1.54) is 30.3 Å². The average molecular weight is 584 g/mol. The highest BCUT2D eigenvalue weighted by molar-refractivity contribution is 7.93. The maximum atomic E-state index is 14.2. The number of fused-ring (bicyclic) bond motifs is 1. The number of carbonyl (C=O) groups is 2. The molecule has 0 N–H and O–H groups in total. The molecule has 206 valence electrons. The highest BCUT2D eigenvalue weighted by atomic mass is 35.5. The molecule has 0 saturated heterocycles. The SMILES string of the molecule is Cc1ccc(C(=O)Oc2ccc(N(C(=O)c3ccc(C)cc3)S(=O)(=O)c3ccc(Cl)c(C)c3)c3ccccc23)cc1. The second-order valence-corrected chi connectivity index (χ2v) is 11.9. The van der Waals surface area contributed by atoms with Crippen molar-refractivity contribution in [2.45, 2.75) is 25.7 Å². The van der Waals surface area contributed by atoms with Crippen LogP contribution in [0.1, 0.15) is 37.4 Å². The Morgan fingerprint density at radius 1 is 0.707 bits per heavy atom. The number of nitrogens with zero attached hydrogens (tertiary/aromatic N) is 1. The molecular formula is C33H26ClNO5S. The molecule has 0 aliphatic rings. The van der Waals surface area contributed by atoms with Crippen molar-refractivity contribution >= 4 is 50.0 Å². The molecule has 8 heteroatoms. The summed E-state index contributed by atoms with van der Waals surface area (Å²) in [6.07, 6.45) is 0. The molecule has 5 rings (SSSR count). The van der Waals surface area contributed by atoms with Crippen LogP contribution < -0.4 is 9.04 Å². The minimum atomic E-state index is -4.41. The number of esters is 1. The Morgan fingerprint density at radius 3 is 1.90 bits per heavy atom. The number of carbonyl (C=O) groups excluding carboxylic acids is 2. The van der Waals surface area contributed by atoms with E-state index in [0.717, 1.165) is 15.4 Å². The Labute approximate surface area is 243 Å². The zero-order valence-electron chi connectivity index (χ0n) is 22.6. The van der Waals surface area contributed by atoms with Gasteiger partial charge in [0.05, 0.1) is 16.1 Å². The van der Waals surface area contributed by atoms with Gasteiger partial charge in [0.2, 0.25) is 0 Å². The summed E-state index contributed by atoms with van der Waals surface area (Å²) in [6, 6.07) is 27.8. The monoisotopic (exact) mass is 583 g/mol. The second kappa shape index (κ2) is 11.2. The molecule has 0 aromatic heterocycles. The van der Waals surface area contributed by atoms with Gasteiger partial charge in [-0.3, -0.25) is 4.79 Å². The van der Waals surface area contributed by atoms with Crippen molar-refractivity contribution in [2.24, 2.45) is 0 Å². The van der Waals surface area contributed by atoms with Gasteiger partial charge in [-0.15, -0.1) is 0 Å². The van der Waals surface area contributed by atoms with Gasteiger partial charge in [-0.05, 0) is 80.9 Å². The fourth-order valence-corrected chi connectivity index (χ4v) is 6.05. The molecule has 0 bridgehead atoms. The molecule has 5 aromatic carbocycles. The lowest BCUT2D eigenvalue weighted by atomic mass is 10.1. The van der Waals surface area contributed by atoms with Gasteiger partial charge in [-0.1, -0.05) is 71.3 Å². The Kier molecular flexibility index (Phi) is 7.67. The summed E-state index contributed by atoms with van der Waals surface area (Å²) in [5, 5.41) is 1.29. The first-order valence-corrected chi connectivity index (χ1v) is 14.6. The van der Waals surface area contributed by atoms with Crippen LogP contribution in [0.2, 0.25) is 5.02 Å². The highest BCUT2D eigenvalue weighted by Gasteiger charge is 2.34. The molecule has 1 amide bonds. The summed E-state index contributed by atoms with van der Waals surface area (Å²) in [6.45, 7) is 5.49. The largest absolute Gasteiger partial charge is 0.422 e. The molecule has 0 radical (unpaired) electrons. The van der Waals surface area contributed by atoms with Gasteiger partial charge in [0.25, 0.3) is 15.9 Å². The van der Waals surface area contributed by atoms with Crippen LogP contribution in [0.15, 0.2) is 108 Å². The van der Waals surface area contributed by atoms with E-state index < -0.39 is 21.9 Å². The molecule has 0 spiro atoms. The Balaban J connectivity index is 1.67. The van der Waals surface area contributed by atoms with Crippen LogP contribution in [0.4, 0.5) is 5.69 Å². The minimum absolute atomic E-state index is 0.0844. The first-order chi connectivity index (χ1) is 19.6. The summed E-state index contributed by atoms with van der Waals surface area (Å²) in [5.74, 6) is -1.05. The van der Waals surface area contributed by atoms with E-state index in [1.807, 2.05) is 26.0 Å². The molecule has 0 aliphatic carbocycles. The molecule has 0 aliphatic heterocycles. The number of amides is 1. The highest BCUT2D eigenvalue weighted by Crippen LogP contribution is 2.38. The number of sulfonamides is 1. The lowest BCUT2D eigenvalue weighted by Gasteiger charge is -2.25. The van der Waals surface area contributed by atoms with Crippen molar-refractivity contribution in [3.8, 4) is 5.75 Å². The maximum absolute atomic E-state index is 14.2. The van der Waals surface area contributed by atoms with Crippen molar-refractivity contribution in [1.29, 1.82) is 0 Å². The predicted octanol–water partition coefficient (Wildman–Crippen LogP) is 7.67. The van der Waals surface area contributed by atoms with Crippen molar-refractivity contribution in [1.82, 2.24) is 0 Å². The van der Waals surface area contributed by atoms with E-state index in [4.69, 9.17) is 16.3 Å². The van der Waals surface area contributed by atoms with Crippen LogP contribution in [0.5, 0.6) is 5.75 Å². The van der Waals surface area contributed by atoms with Crippen molar-refractivity contribution in [3.63, 3.8) is 0 Å². The minimum Gasteiger partial charge on any atom is -0.422 e. The van der Waals surface area contributed by atoms with Crippen molar-refractivity contribution in [2.75, 3.05) is 4.31 Å². The first-order valence-electron chi connectivity index (χ1n) is 12.8. The summed E-state index contributed by atoms with van der Waals surface area (Å²) in [4.78, 5) is 26.8. The number of ether oxygens (including phenoxy) is 1.